The normalized spacial score (nSPS) is 14.2. The van der Waals surface area contributed by atoms with E-state index in [2.05, 4.69) is 25.1 Å². The number of pyridine rings is 1. The highest BCUT2D eigenvalue weighted by Gasteiger charge is 2.28. The van der Waals surface area contributed by atoms with Gasteiger partial charge in [-0.2, -0.15) is 0 Å². The van der Waals surface area contributed by atoms with E-state index >= 15 is 0 Å². The predicted octanol–water partition coefficient (Wildman–Crippen LogP) is 2.70. The fourth-order valence-corrected chi connectivity index (χ4v) is 3.01. The molecule has 0 saturated heterocycles. The topological polar surface area (TPSA) is 72.7 Å². The van der Waals surface area contributed by atoms with E-state index in [1.807, 2.05) is 6.92 Å². The van der Waals surface area contributed by atoms with Gasteiger partial charge in [-0.15, -0.1) is 10.2 Å². The van der Waals surface area contributed by atoms with Crippen LogP contribution in [0.4, 0.5) is 5.69 Å². The Balaban J connectivity index is 1.60. The summed E-state index contributed by atoms with van der Waals surface area (Å²) >= 11 is 7.29. The molecule has 0 aromatic carbocycles. The third kappa shape index (κ3) is 3.36. The maximum atomic E-state index is 12.0. The number of nitrogens with zero attached hydrogens (tertiary/aromatic N) is 4. The van der Waals surface area contributed by atoms with Crippen LogP contribution in [0.3, 0.4) is 0 Å². The quantitative estimate of drug-likeness (QED) is 0.676. The Labute approximate surface area is 131 Å². The molecule has 110 valence electrons. The van der Waals surface area contributed by atoms with E-state index in [9.17, 15) is 4.79 Å². The molecule has 21 heavy (non-hydrogen) atoms. The molecule has 0 radical (unpaired) electrons. The molecule has 1 aliphatic carbocycles. The van der Waals surface area contributed by atoms with Crippen molar-refractivity contribution in [1.29, 1.82) is 0 Å². The molecule has 2 heterocycles. The Kier molecular flexibility index (Phi) is 4.12. The summed E-state index contributed by atoms with van der Waals surface area (Å²) in [7, 11) is 0. The molecule has 1 amide bonds. The Morgan fingerprint density at radius 2 is 2.33 bits per heavy atom. The number of hydrogen-bond donors (Lipinski definition) is 1. The monoisotopic (exact) mass is 323 g/mol. The van der Waals surface area contributed by atoms with Crippen LogP contribution in [0.2, 0.25) is 5.15 Å². The average molecular weight is 324 g/mol. The molecule has 1 saturated carbocycles. The minimum Gasteiger partial charge on any atom is -0.323 e. The first kappa shape index (κ1) is 14.3. The number of halogens is 1. The zero-order valence-electron chi connectivity index (χ0n) is 11.4. The number of anilines is 1. The standard InChI is InChI=1S/C13H14ClN5OS/c1-8-17-18-13(19(8)9-4-5-9)21-7-11(20)16-10-3-2-6-15-12(10)14/h2-3,6,9H,4-5,7H2,1H3,(H,16,20). The molecule has 1 fully saturated rings. The average Bonchev–Trinajstić information content (AvgIpc) is 3.23. The molecule has 0 aliphatic heterocycles. The van der Waals surface area contributed by atoms with Crippen LogP contribution < -0.4 is 5.32 Å². The summed E-state index contributed by atoms with van der Waals surface area (Å²) in [5.74, 6) is 1.02. The number of amides is 1. The Morgan fingerprint density at radius 1 is 1.52 bits per heavy atom. The lowest BCUT2D eigenvalue weighted by atomic mass is 10.4. The molecule has 0 atom stereocenters. The summed E-state index contributed by atoms with van der Waals surface area (Å²) in [4.78, 5) is 15.9. The van der Waals surface area contributed by atoms with Crippen molar-refractivity contribution in [2.45, 2.75) is 31.0 Å². The van der Waals surface area contributed by atoms with Gasteiger partial charge in [-0.25, -0.2) is 4.98 Å². The van der Waals surface area contributed by atoms with Gasteiger partial charge < -0.3 is 9.88 Å². The molecule has 1 N–H and O–H groups in total. The van der Waals surface area contributed by atoms with Crippen LogP contribution in [0.5, 0.6) is 0 Å². The van der Waals surface area contributed by atoms with Crippen LogP contribution in [0.25, 0.3) is 0 Å². The van der Waals surface area contributed by atoms with E-state index in [1.54, 1.807) is 18.3 Å². The van der Waals surface area contributed by atoms with Crippen molar-refractivity contribution < 1.29 is 4.79 Å². The van der Waals surface area contributed by atoms with Crippen molar-refractivity contribution in [2.24, 2.45) is 0 Å². The van der Waals surface area contributed by atoms with Crippen molar-refractivity contribution in [3.8, 4) is 0 Å². The van der Waals surface area contributed by atoms with Gasteiger partial charge in [-0.3, -0.25) is 4.79 Å². The van der Waals surface area contributed by atoms with E-state index < -0.39 is 0 Å². The minimum absolute atomic E-state index is 0.141. The lowest BCUT2D eigenvalue weighted by Crippen LogP contribution is -2.15. The Morgan fingerprint density at radius 3 is 3.05 bits per heavy atom. The first-order valence-corrected chi connectivity index (χ1v) is 7.96. The van der Waals surface area contributed by atoms with E-state index in [0.717, 1.165) is 23.8 Å². The molecule has 2 aromatic heterocycles. The van der Waals surface area contributed by atoms with E-state index in [1.165, 1.54) is 11.8 Å². The zero-order valence-corrected chi connectivity index (χ0v) is 13.0. The van der Waals surface area contributed by atoms with Crippen molar-refractivity contribution in [1.82, 2.24) is 19.7 Å². The van der Waals surface area contributed by atoms with Crippen LogP contribution in [0.15, 0.2) is 23.5 Å². The summed E-state index contributed by atoms with van der Waals surface area (Å²) in [5, 5.41) is 12.0. The third-order valence-electron chi connectivity index (χ3n) is 3.11. The maximum Gasteiger partial charge on any atom is 0.234 e. The van der Waals surface area contributed by atoms with Crippen molar-refractivity contribution in [3.63, 3.8) is 0 Å². The summed E-state index contributed by atoms with van der Waals surface area (Å²) < 4.78 is 2.11. The zero-order chi connectivity index (χ0) is 14.8. The van der Waals surface area contributed by atoms with Crippen LogP contribution in [-0.2, 0) is 4.79 Å². The highest BCUT2D eigenvalue weighted by Crippen LogP contribution is 2.38. The first-order chi connectivity index (χ1) is 10.1. The number of hydrogen-bond acceptors (Lipinski definition) is 5. The summed E-state index contributed by atoms with van der Waals surface area (Å²) in [5.41, 5.74) is 0.518. The van der Waals surface area contributed by atoms with Gasteiger partial charge in [0.05, 0.1) is 11.4 Å². The highest BCUT2D eigenvalue weighted by atomic mass is 35.5. The molecular formula is C13H14ClN5OS. The van der Waals surface area contributed by atoms with Crippen LogP contribution in [0.1, 0.15) is 24.7 Å². The second-order valence-electron chi connectivity index (χ2n) is 4.81. The number of thioether (sulfide) groups is 1. The fraction of sp³-hybridized carbons (Fsp3) is 0.385. The van der Waals surface area contributed by atoms with Crippen LogP contribution in [0, 0.1) is 6.92 Å². The smallest absolute Gasteiger partial charge is 0.234 e. The van der Waals surface area contributed by atoms with Crippen molar-refractivity contribution in [3.05, 3.63) is 29.3 Å². The summed E-state index contributed by atoms with van der Waals surface area (Å²) in [6, 6.07) is 3.94. The second-order valence-corrected chi connectivity index (χ2v) is 6.11. The minimum atomic E-state index is -0.141. The Bertz CT molecular complexity index is 670. The van der Waals surface area contributed by atoms with Gasteiger partial charge in [-0.05, 0) is 31.9 Å². The summed E-state index contributed by atoms with van der Waals surface area (Å²) in [6.07, 6.45) is 3.89. The largest absolute Gasteiger partial charge is 0.323 e. The van der Waals surface area contributed by atoms with Gasteiger partial charge in [0, 0.05) is 12.2 Å². The molecule has 0 spiro atoms. The van der Waals surface area contributed by atoms with E-state index in [-0.39, 0.29) is 16.8 Å². The Hall–Kier alpha value is -1.60. The molecule has 1 aliphatic rings. The number of nitrogens with one attached hydrogen (secondary N) is 1. The molecule has 0 bridgehead atoms. The predicted molar refractivity (Wildman–Crippen MR) is 81.6 cm³/mol. The fourth-order valence-electron chi connectivity index (χ4n) is 2.00. The molecule has 6 nitrogen and oxygen atoms in total. The van der Waals surface area contributed by atoms with Gasteiger partial charge in [0.1, 0.15) is 5.82 Å². The van der Waals surface area contributed by atoms with Crippen molar-refractivity contribution >= 4 is 35.0 Å². The number of aromatic nitrogens is 4. The van der Waals surface area contributed by atoms with Crippen molar-refractivity contribution in [2.75, 3.05) is 11.1 Å². The second kappa shape index (κ2) is 6.03. The van der Waals surface area contributed by atoms with Gasteiger partial charge in [0.2, 0.25) is 5.91 Å². The van der Waals surface area contributed by atoms with E-state index in [4.69, 9.17) is 11.6 Å². The van der Waals surface area contributed by atoms with Crippen LogP contribution >= 0.6 is 23.4 Å². The highest BCUT2D eigenvalue weighted by molar-refractivity contribution is 7.99. The van der Waals surface area contributed by atoms with E-state index in [0.29, 0.717) is 11.7 Å². The van der Waals surface area contributed by atoms with Gasteiger partial charge in [0.15, 0.2) is 10.3 Å². The van der Waals surface area contributed by atoms with Gasteiger partial charge in [-0.1, -0.05) is 23.4 Å². The van der Waals surface area contributed by atoms with Gasteiger partial charge in [0.25, 0.3) is 0 Å². The number of carbonyl (C=O) groups excluding carboxylic acids is 1. The molecule has 2 aromatic rings. The van der Waals surface area contributed by atoms with Crippen LogP contribution in [-0.4, -0.2) is 31.4 Å². The summed E-state index contributed by atoms with van der Waals surface area (Å²) in [6.45, 7) is 1.94. The number of aryl methyl sites for hydroxylation is 1. The third-order valence-corrected chi connectivity index (χ3v) is 4.36. The lowest BCUT2D eigenvalue weighted by molar-refractivity contribution is -0.113. The number of carbonyl (C=O) groups is 1. The molecular weight excluding hydrogens is 310 g/mol. The molecule has 3 rings (SSSR count). The van der Waals surface area contributed by atoms with Gasteiger partial charge >= 0.3 is 0 Å². The first-order valence-electron chi connectivity index (χ1n) is 6.60. The molecule has 0 unspecified atom stereocenters. The molecule has 8 heteroatoms. The number of rotatable bonds is 5. The SMILES string of the molecule is Cc1nnc(SCC(=O)Nc2cccnc2Cl)n1C1CC1. The maximum absolute atomic E-state index is 12.0. The lowest BCUT2D eigenvalue weighted by Gasteiger charge is -2.07.